The van der Waals surface area contributed by atoms with Crippen LogP contribution in [0.3, 0.4) is 0 Å². The van der Waals surface area contributed by atoms with E-state index >= 15 is 0 Å². The fourth-order valence-electron chi connectivity index (χ4n) is 1.48. The topological polar surface area (TPSA) is 78.2 Å². The predicted octanol–water partition coefficient (Wildman–Crippen LogP) is 0.388. The van der Waals surface area contributed by atoms with Crippen LogP contribution in [-0.2, 0) is 11.3 Å². The number of rotatable bonds is 2. The Hall–Kier alpha value is -2.04. The van der Waals surface area contributed by atoms with E-state index in [2.05, 4.69) is 0 Å². The molecule has 1 aromatic heterocycles. The Kier molecular flexibility index (Phi) is 2.07. The highest BCUT2D eigenvalue weighted by molar-refractivity contribution is 5.78. The lowest BCUT2D eigenvalue weighted by atomic mass is 10.2. The molecule has 2 rings (SSSR count). The molecule has 1 aromatic carbocycles. The summed E-state index contributed by atoms with van der Waals surface area (Å²) in [6.07, 6.45) is 0. The first-order valence-corrected chi connectivity index (χ1v) is 4.46. The van der Waals surface area contributed by atoms with Crippen molar-refractivity contribution in [1.29, 1.82) is 0 Å². The molecule has 78 valence electrons. The van der Waals surface area contributed by atoms with E-state index in [4.69, 9.17) is 10.2 Å². The van der Waals surface area contributed by atoms with Gasteiger partial charge in [0.2, 0.25) is 5.91 Å². The lowest BCUT2D eigenvalue weighted by Gasteiger charge is -1.97. The zero-order valence-electron chi connectivity index (χ0n) is 8.19. The number of amides is 1. The molecule has 0 atom stereocenters. The number of hydrogen-bond acceptors (Lipinski definition) is 3. The van der Waals surface area contributed by atoms with Crippen molar-refractivity contribution in [2.24, 2.45) is 5.73 Å². The highest BCUT2D eigenvalue weighted by Gasteiger charge is 2.10. The molecule has 0 saturated carbocycles. The minimum Gasteiger partial charge on any atom is -0.408 e. The van der Waals surface area contributed by atoms with Crippen LogP contribution in [0.4, 0.5) is 0 Å². The molecule has 2 aromatic rings. The monoisotopic (exact) mass is 206 g/mol. The lowest BCUT2D eigenvalue weighted by molar-refractivity contribution is -0.118. The number of fused-ring (bicyclic) bond motifs is 1. The molecule has 0 aliphatic heterocycles. The quantitative estimate of drug-likeness (QED) is 0.771. The maximum atomic E-state index is 11.4. The minimum absolute atomic E-state index is 0.158. The molecule has 0 spiro atoms. The van der Waals surface area contributed by atoms with E-state index < -0.39 is 11.7 Å². The van der Waals surface area contributed by atoms with E-state index in [1.807, 2.05) is 13.0 Å². The van der Waals surface area contributed by atoms with Crippen molar-refractivity contribution in [1.82, 2.24) is 4.57 Å². The molecule has 5 nitrogen and oxygen atoms in total. The molecule has 1 amide bonds. The number of oxazole rings is 1. The SMILES string of the molecule is Cc1ccc2c(c1)oc(=O)n2CC(N)=O. The highest BCUT2D eigenvalue weighted by Crippen LogP contribution is 2.14. The molecular formula is C10H10N2O3. The van der Waals surface area contributed by atoms with E-state index in [1.54, 1.807) is 12.1 Å². The van der Waals surface area contributed by atoms with Gasteiger partial charge in [-0.25, -0.2) is 4.79 Å². The summed E-state index contributed by atoms with van der Waals surface area (Å²) in [5.74, 6) is -1.13. The third-order valence-electron chi connectivity index (χ3n) is 2.14. The largest absolute Gasteiger partial charge is 0.420 e. The number of nitrogens with zero attached hydrogens (tertiary/aromatic N) is 1. The summed E-state index contributed by atoms with van der Waals surface area (Å²) < 4.78 is 6.20. The standard InChI is InChI=1S/C10H10N2O3/c1-6-2-3-7-8(4-6)15-10(14)12(7)5-9(11)13/h2-4H,5H2,1H3,(H2,11,13). The number of aromatic nitrogens is 1. The number of nitrogens with two attached hydrogens (primary N) is 1. The third kappa shape index (κ3) is 1.63. The number of hydrogen-bond donors (Lipinski definition) is 1. The fraction of sp³-hybridized carbons (Fsp3) is 0.200. The lowest BCUT2D eigenvalue weighted by Crippen LogP contribution is -2.24. The van der Waals surface area contributed by atoms with Crippen molar-refractivity contribution in [3.63, 3.8) is 0 Å². The Bertz CT molecular complexity index is 580. The molecule has 0 unspecified atom stereocenters. The van der Waals surface area contributed by atoms with E-state index in [0.29, 0.717) is 11.1 Å². The molecule has 5 heteroatoms. The van der Waals surface area contributed by atoms with Gasteiger partial charge in [-0.05, 0) is 24.6 Å². The zero-order valence-corrected chi connectivity index (χ0v) is 8.19. The summed E-state index contributed by atoms with van der Waals surface area (Å²) in [6.45, 7) is 1.74. The first-order chi connectivity index (χ1) is 7.08. The second-order valence-corrected chi connectivity index (χ2v) is 3.39. The van der Waals surface area contributed by atoms with Gasteiger partial charge in [-0.1, -0.05) is 6.07 Å². The molecule has 0 aliphatic rings. The normalized spacial score (nSPS) is 10.7. The van der Waals surface area contributed by atoms with Crippen molar-refractivity contribution in [3.8, 4) is 0 Å². The van der Waals surface area contributed by atoms with Gasteiger partial charge < -0.3 is 10.2 Å². The average Bonchev–Trinajstić information content (AvgIpc) is 2.41. The van der Waals surface area contributed by atoms with Crippen molar-refractivity contribution in [3.05, 3.63) is 34.3 Å². The Morgan fingerprint density at radius 2 is 2.27 bits per heavy atom. The Morgan fingerprint density at radius 1 is 1.53 bits per heavy atom. The number of aryl methyl sites for hydroxylation is 1. The van der Waals surface area contributed by atoms with E-state index in [-0.39, 0.29) is 6.54 Å². The van der Waals surface area contributed by atoms with Gasteiger partial charge in [-0.2, -0.15) is 0 Å². The second-order valence-electron chi connectivity index (χ2n) is 3.39. The van der Waals surface area contributed by atoms with Gasteiger partial charge >= 0.3 is 5.76 Å². The maximum Gasteiger partial charge on any atom is 0.420 e. The molecule has 0 radical (unpaired) electrons. The van der Waals surface area contributed by atoms with E-state index in [0.717, 1.165) is 5.56 Å². The van der Waals surface area contributed by atoms with Crippen LogP contribution in [0, 0.1) is 6.92 Å². The number of primary amides is 1. The molecule has 1 heterocycles. The van der Waals surface area contributed by atoms with Crippen LogP contribution in [0.25, 0.3) is 11.1 Å². The molecule has 15 heavy (non-hydrogen) atoms. The molecule has 0 bridgehead atoms. The van der Waals surface area contributed by atoms with Gasteiger partial charge in [-0.15, -0.1) is 0 Å². The molecule has 2 N–H and O–H groups in total. The predicted molar refractivity (Wildman–Crippen MR) is 54.4 cm³/mol. The summed E-state index contributed by atoms with van der Waals surface area (Å²) in [5.41, 5.74) is 7.08. The summed E-state index contributed by atoms with van der Waals surface area (Å²) in [7, 11) is 0. The number of carbonyl (C=O) groups excluding carboxylic acids is 1. The fourth-order valence-corrected chi connectivity index (χ4v) is 1.48. The van der Waals surface area contributed by atoms with Crippen LogP contribution in [0.15, 0.2) is 27.4 Å². The molecule has 0 saturated heterocycles. The summed E-state index contributed by atoms with van der Waals surface area (Å²) >= 11 is 0. The van der Waals surface area contributed by atoms with Gasteiger partial charge in [-0.3, -0.25) is 9.36 Å². The van der Waals surface area contributed by atoms with Crippen molar-refractivity contribution in [2.45, 2.75) is 13.5 Å². The van der Waals surface area contributed by atoms with Crippen LogP contribution >= 0.6 is 0 Å². The van der Waals surface area contributed by atoms with Gasteiger partial charge in [0.1, 0.15) is 6.54 Å². The van der Waals surface area contributed by atoms with Crippen LogP contribution in [0.1, 0.15) is 5.56 Å². The van der Waals surface area contributed by atoms with Gasteiger partial charge in [0, 0.05) is 0 Å². The molecule has 0 fully saturated rings. The second kappa shape index (κ2) is 3.27. The minimum atomic E-state index is -0.569. The maximum absolute atomic E-state index is 11.4. The first kappa shape index (κ1) is 9.51. The number of carbonyl (C=O) groups is 1. The third-order valence-corrected chi connectivity index (χ3v) is 2.14. The van der Waals surface area contributed by atoms with Crippen LogP contribution in [0.5, 0.6) is 0 Å². The Labute approximate surface area is 85.1 Å². The smallest absolute Gasteiger partial charge is 0.408 e. The van der Waals surface area contributed by atoms with Crippen LogP contribution in [0.2, 0.25) is 0 Å². The summed E-state index contributed by atoms with van der Waals surface area (Å²) in [6, 6.07) is 5.32. The Morgan fingerprint density at radius 3 is 2.93 bits per heavy atom. The molecular weight excluding hydrogens is 196 g/mol. The van der Waals surface area contributed by atoms with Crippen LogP contribution in [-0.4, -0.2) is 10.5 Å². The van der Waals surface area contributed by atoms with Gasteiger partial charge in [0.25, 0.3) is 0 Å². The summed E-state index contributed by atoms with van der Waals surface area (Å²) in [4.78, 5) is 22.1. The van der Waals surface area contributed by atoms with Crippen molar-refractivity contribution >= 4 is 17.0 Å². The molecule has 0 aliphatic carbocycles. The average molecular weight is 206 g/mol. The number of benzene rings is 1. The van der Waals surface area contributed by atoms with E-state index in [9.17, 15) is 9.59 Å². The Balaban J connectivity index is 2.68. The van der Waals surface area contributed by atoms with E-state index in [1.165, 1.54) is 4.57 Å². The van der Waals surface area contributed by atoms with Crippen molar-refractivity contribution < 1.29 is 9.21 Å². The van der Waals surface area contributed by atoms with Gasteiger partial charge in [0.15, 0.2) is 5.58 Å². The van der Waals surface area contributed by atoms with Crippen molar-refractivity contribution in [2.75, 3.05) is 0 Å². The van der Waals surface area contributed by atoms with Gasteiger partial charge in [0.05, 0.1) is 5.52 Å². The zero-order chi connectivity index (χ0) is 11.0. The highest BCUT2D eigenvalue weighted by atomic mass is 16.4. The first-order valence-electron chi connectivity index (χ1n) is 4.46. The van der Waals surface area contributed by atoms with Crippen LogP contribution < -0.4 is 11.5 Å². The summed E-state index contributed by atoms with van der Waals surface area (Å²) in [5, 5.41) is 0.